The summed E-state index contributed by atoms with van der Waals surface area (Å²) in [5, 5.41) is 4.19. The summed E-state index contributed by atoms with van der Waals surface area (Å²) >= 11 is 7.18. The molecule has 3 unspecified atom stereocenters. The minimum Gasteiger partial charge on any atom is -0.338 e. The summed E-state index contributed by atoms with van der Waals surface area (Å²) in [6.45, 7) is 6.07. The third kappa shape index (κ3) is 7.44. The number of likely N-dealkylation sites (N-methyl/N-ethyl adjacent to an activating group) is 1. The van der Waals surface area contributed by atoms with Gasteiger partial charge in [0.25, 0.3) is 10.0 Å². The highest BCUT2D eigenvalue weighted by Crippen LogP contribution is 2.31. The van der Waals surface area contributed by atoms with Crippen molar-refractivity contribution in [3.8, 4) is 0 Å². The van der Waals surface area contributed by atoms with Gasteiger partial charge >= 0.3 is 6.03 Å². The average molecular weight is 653 g/mol. The van der Waals surface area contributed by atoms with Crippen LogP contribution in [-0.4, -0.2) is 117 Å². The van der Waals surface area contributed by atoms with Crippen molar-refractivity contribution in [2.24, 2.45) is 0 Å². The van der Waals surface area contributed by atoms with Crippen molar-refractivity contribution in [1.29, 1.82) is 0 Å². The van der Waals surface area contributed by atoms with Crippen molar-refractivity contribution >= 4 is 60.9 Å². The second-order valence-corrected chi connectivity index (χ2v) is 15.2. The van der Waals surface area contributed by atoms with E-state index in [4.69, 9.17) is 11.6 Å². The molecule has 2 aromatic rings. The van der Waals surface area contributed by atoms with E-state index in [0.29, 0.717) is 37.5 Å². The molecule has 0 radical (unpaired) electrons. The second-order valence-electron chi connectivity index (χ2n) is 11.8. The van der Waals surface area contributed by atoms with Gasteiger partial charge in [0.05, 0.1) is 6.54 Å². The van der Waals surface area contributed by atoms with Gasteiger partial charge in [0.15, 0.2) is 0 Å². The van der Waals surface area contributed by atoms with Crippen molar-refractivity contribution < 1.29 is 22.8 Å². The van der Waals surface area contributed by atoms with Crippen molar-refractivity contribution in [2.75, 3.05) is 52.9 Å². The maximum absolute atomic E-state index is 13.5. The largest absolute Gasteiger partial charge is 0.338 e. The maximum Gasteiger partial charge on any atom is 0.317 e. The molecule has 43 heavy (non-hydrogen) atoms. The van der Waals surface area contributed by atoms with Crippen molar-refractivity contribution in [1.82, 2.24) is 29.6 Å². The van der Waals surface area contributed by atoms with Gasteiger partial charge in [0, 0.05) is 68.1 Å². The third-order valence-corrected chi connectivity index (χ3v) is 12.0. The number of nitrogens with zero attached hydrogens (tertiary/aromatic N) is 4. The predicted octanol–water partition coefficient (Wildman–Crippen LogP) is 2.94. The van der Waals surface area contributed by atoms with Gasteiger partial charge in [-0.15, -0.1) is 11.3 Å². The monoisotopic (exact) mass is 652 g/mol. The molecule has 5 rings (SSSR count). The number of sulfonamides is 1. The molecule has 2 N–H and O–H groups in total. The number of thiophene rings is 1. The van der Waals surface area contributed by atoms with Crippen LogP contribution in [0.3, 0.4) is 0 Å². The molecule has 1 aromatic carbocycles. The number of halogens is 1. The fourth-order valence-corrected chi connectivity index (χ4v) is 9.10. The van der Waals surface area contributed by atoms with Gasteiger partial charge in [-0.1, -0.05) is 18.5 Å². The molecule has 3 saturated heterocycles. The Morgan fingerprint density at radius 1 is 1.12 bits per heavy atom. The highest BCUT2D eigenvalue weighted by atomic mass is 35.5. The molecule has 3 atom stereocenters. The van der Waals surface area contributed by atoms with Crippen molar-refractivity contribution in [3.63, 3.8) is 0 Å². The van der Waals surface area contributed by atoms with Crippen LogP contribution in [0.1, 0.15) is 45.4 Å². The van der Waals surface area contributed by atoms with E-state index in [1.807, 2.05) is 18.9 Å². The van der Waals surface area contributed by atoms with E-state index in [1.54, 1.807) is 29.2 Å². The lowest BCUT2D eigenvalue weighted by molar-refractivity contribution is -0.143. The number of urea groups is 1. The number of nitrogens with one attached hydrogen (secondary N) is 2. The molecule has 4 amide bonds. The zero-order valence-corrected chi connectivity index (χ0v) is 27.1. The predicted molar refractivity (Wildman–Crippen MR) is 168 cm³/mol. The van der Waals surface area contributed by atoms with Gasteiger partial charge in [-0.05, 0) is 68.2 Å². The lowest BCUT2D eigenvalue weighted by atomic mass is 10.1. The fraction of sp³-hybridized carbons (Fsp3) is 0.621. The summed E-state index contributed by atoms with van der Waals surface area (Å²) in [5.41, 5.74) is 0. The molecule has 11 nitrogen and oxygen atoms in total. The topological polar surface area (TPSA) is 122 Å². The van der Waals surface area contributed by atoms with Crippen molar-refractivity contribution in [2.45, 2.75) is 67.8 Å². The molecular formula is C29H41ClN6O5S2. The van der Waals surface area contributed by atoms with Crippen LogP contribution in [0.5, 0.6) is 0 Å². The number of fused-ring (bicyclic) bond motifs is 1. The molecule has 3 aliphatic rings. The van der Waals surface area contributed by atoms with E-state index in [1.165, 1.54) is 4.90 Å². The number of hydrogen-bond acceptors (Lipinski definition) is 7. The van der Waals surface area contributed by atoms with Crippen LogP contribution in [0.25, 0.3) is 10.1 Å². The van der Waals surface area contributed by atoms with Crippen LogP contribution >= 0.6 is 22.9 Å². The van der Waals surface area contributed by atoms with E-state index >= 15 is 0 Å². The summed E-state index contributed by atoms with van der Waals surface area (Å²) in [5.74, 6) is -0.470. The molecular weight excluding hydrogens is 612 g/mol. The van der Waals surface area contributed by atoms with Crippen molar-refractivity contribution in [3.05, 3.63) is 29.3 Å². The van der Waals surface area contributed by atoms with Gasteiger partial charge in [-0.2, -0.15) is 4.72 Å². The molecule has 0 saturated carbocycles. The Kier molecular flexibility index (Phi) is 10.2. The highest BCUT2D eigenvalue weighted by molar-refractivity contribution is 7.91. The SMILES string of the molecule is CCCNC(=O)N(C)C1CCN(CC2CCCN2C(=O)CN2CCCC(NS(=O)(=O)c3cc4cc(Cl)ccc4s3)C2=O)C1. The molecule has 3 fully saturated rings. The number of likely N-dealkylation sites (tertiary alicyclic amines) is 3. The van der Waals surface area contributed by atoms with Gasteiger partial charge in [0.2, 0.25) is 11.8 Å². The van der Waals surface area contributed by atoms with Gasteiger partial charge < -0.3 is 20.0 Å². The normalized spacial score (nSPS) is 23.3. The standard InChI is InChI=1S/C29H41ClN6O5S2/c1-3-11-31-29(39)33(2)22-10-14-34(17-22)18-23-6-4-13-36(23)26(37)19-35-12-5-7-24(28(35)38)32-43(40,41)27-16-20-15-21(30)8-9-25(20)42-27/h8-9,15-16,22-24,32H,3-7,10-14,17-19H2,1-2H3,(H,31,39). The molecule has 0 aliphatic carbocycles. The summed E-state index contributed by atoms with van der Waals surface area (Å²) in [6, 6.07) is 6.00. The van der Waals surface area contributed by atoms with Crippen LogP contribution in [0.4, 0.5) is 4.79 Å². The smallest absolute Gasteiger partial charge is 0.317 e. The van der Waals surface area contributed by atoms with E-state index in [-0.39, 0.29) is 40.7 Å². The Morgan fingerprint density at radius 3 is 2.70 bits per heavy atom. The molecule has 3 aliphatic heterocycles. The van der Waals surface area contributed by atoms with Crippen LogP contribution < -0.4 is 10.0 Å². The molecule has 236 valence electrons. The Balaban J connectivity index is 1.15. The first-order valence-corrected chi connectivity index (χ1v) is 17.8. The average Bonchev–Trinajstić information content (AvgIpc) is 3.73. The van der Waals surface area contributed by atoms with Gasteiger partial charge in [-0.25, -0.2) is 13.2 Å². The van der Waals surface area contributed by atoms with Gasteiger partial charge in [0.1, 0.15) is 10.3 Å². The molecule has 0 bridgehead atoms. The quantitative estimate of drug-likeness (QED) is 0.407. The number of rotatable bonds is 10. The molecule has 1 aromatic heterocycles. The zero-order chi connectivity index (χ0) is 30.7. The number of carbonyl (C=O) groups is 3. The first-order chi connectivity index (χ1) is 20.6. The summed E-state index contributed by atoms with van der Waals surface area (Å²) in [4.78, 5) is 46.7. The number of amides is 4. The van der Waals surface area contributed by atoms with E-state index in [9.17, 15) is 22.8 Å². The first kappa shape index (κ1) is 32.0. The third-order valence-electron chi connectivity index (χ3n) is 8.68. The number of piperidine rings is 1. The van der Waals surface area contributed by atoms with Crippen LogP contribution in [0.15, 0.2) is 28.5 Å². The van der Waals surface area contributed by atoms with Crippen LogP contribution in [-0.2, 0) is 19.6 Å². The zero-order valence-electron chi connectivity index (χ0n) is 24.8. The summed E-state index contributed by atoms with van der Waals surface area (Å²) < 4.78 is 29.9. The second kappa shape index (κ2) is 13.7. The molecule has 0 spiro atoms. The molecule has 4 heterocycles. The maximum atomic E-state index is 13.5. The minimum atomic E-state index is -3.93. The fourth-order valence-electron chi connectivity index (χ4n) is 6.30. The van der Waals surface area contributed by atoms with Crippen LogP contribution in [0, 0.1) is 0 Å². The number of benzene rings is 1. The Bertz CT molecular complexity index is 1450. The summed E-state index contributed by atoms with van der Waals surface area (Å²) in [6.07, 6.45) is 4.58. The van der Waals surface area contributed by atoms with E-state index in [2.05, 4.69) is 14.9 Å². The number of hydrogen-bond donors (Lipinski definition) is 2. The van der Waals surface area contributed by atoms with E-state index in [0.717, 1.165) is 66.7 Å². The van der Waals surface area contributed by atoms with Crippen LogP contribution in [0.2, 0.25) is 5.02 Å². The molecule has 14 heteroatoms. The summed E-state index contributed by atoms with van der Waals surface area (Å²) in [7, 11) is -2.09. The van der Waals surface area contributed by atoms with Gasteiger partial charge in [-0.3, -0.25) is 14.5 Å². The Labute approximate surface area is 262 Å². The minimum absolute atomic E-state index is 0.0492. The van der Waals surface area contributed by atoms with E-state index < -0.39 is 16.1 Å². The Morgan fingerprint density at radius 2 is 1.91 bits per heavy atom. The number of carbonyl (C=O) groups excluding carboxylic acids is 3. The lowest BCUT2D eigenvalue weighted by Crippen LogP contribution is -2.55. The Hall–Kier alpha value is -2.45. The highest BCUT2D eigenvalue weighted by Gasteiger charge is 2.38. The lowest BCUT2D eigenvalue weighted by Gasteiger charge is -2.35. The first-order valence-electron chi connectivity index (χ1n) is 15.1.